The molecule has 74 valence electrons. The molecule has 0 spiro atoms. The predicted octanol–water partition coefficient (Wildman–Crippen LogP) is 1.48. The summed E-state index contributed by atoms with van der Waals surface area (Å²) < 4.78 is 0. The van der Waals surface area contributed by atoms with Crippen LogP contribution in [0.25, 0.3) is 0 Å². The number of hydrogen-bond donors (Lipinski definition) is 2. The topological polar surface area (TPSA) is 24.1 Å². The quantitative estimate of drug-likeness (QED) is 0.743. The molecule has 0 aliphatic rings. The molecule has 0 aromatic heterocycles. The summed E-state index contributed by atoms with van der Waals surface area (Å²) in [5.41, 5.74) is 2.01. The fourth-order valence-electron chi connectivity index (χ4n) is 1.06. The second kappa shape index (κ2) is 5.02. The first-order valence-electron chi connectivity index (χ1n) is 4.23. The Morgan fingerprint density at radius 1 is 0.857 bits per heavy atom. The average molecular weight is 224 g/mol. The lowest BCUT2D eigenvalue weighted by Gasteiger charge is -2.05. The molecule has 0 unspecified atom stereocenters. The molecule has 0 radical (unpaired) electrons. The zero-order valence-corrected chi connectivity index (χ0v) is 9.76. The largest absolute Gasteiger partial charge is 0.379 e. The second-order valence-electron chi connectivity index (χ2n) is 2.74. The molecule has 0 aliphatic heterocycles. The molecule has 0 saturated heterocycles. The maximum absolute atomic E-state index is 5.10. The van der Waals surface area contributed by atoms with Crippen molar-refractivity contribution in [2.45, 2.75) is 0 Å². The van der Waals surface area contributed by atoms with Gasteiger partial charge in [-0.3, -0.25) is 0 Å². The van der Waals surface area contributed by atoms with Crippen LogP contribution in [0.15, 0.2) is 24.3 Å². The molecule has 0 heterocycles. The highest BCUT2D eigenvalue weighted by Gasteiger charge is 2.00. The van der Waals surface area contributed by atoms with E-state index in [1.54, 1.807) is 0 Å². The lowest BCUT2D eigenvalue weighted by Crippen LogP contribution is -2.18. The van der Waals surface area contributed by atoms with Gasteiger partial charge in [0.05, 0.1) is 0 Å². The Hall–Kier alpha value is -1.00. The van der Waals surface area contributed by atoms with Gasteiger partial charge in [-0.15, -0.1) is 0 Å². The molecular formula is C10H12N2S2. The number of rotatable bonds is 2. The van der Waals surface area contributed by atoms with Crippen molar-refractivity contribution >= 4 is 34.4 Å². The van der Waals surface area contributed by atoms with E-state index in [1.807, 2.05) is 38.4 Å². The molecule has 0 saturated carbocycles. The first-order chi connectivity index (χ1) is 6.69. The first-order valence-corrected chi connectivity index (χ1v) is 5.05. The minimum Gasteiger partial charge on any atom is -0.379 e. The van der Waals surface area contributed by atoms with E-state index in [2.05, 4.69) is 10.6 Å². The Balaban J connectivity index is 2.89. The highest BCUT2D eigenvalue weighted by atomic mass is 32.1. The molecule has 0 fully saturated rings. The standard InChI is InChI=1S/C10H12N2S2/c1-11-9(13)7-3-5-8(6-4-7)10(14)12-2/h3-6H,1-2H3,(H,11,13)(H,12,14). The summed E-state index contributed by atoms with van der Waals surface area (Å²) in [4.78, 5) is 1.49. The first kappa shape index (κ1) is 11.1. The predicted molar refractivity (Wildman–Crippen MR) is 68.0 cm³/mol. The summed E-state index contributed by atoms with van der Waals surface area (Å²) in [6.07, 6.45) is 0. The van der Waals surface area contributed by atoms with Crippen molar-refractivity contribution in [1.82, 2.24) is 10.6 Å². The van der Waals surface area contributed by atoms with Crippen LogP contribution in [0.2, 0.25) is 0 Å². The summed E-state index contributed by atoms with van der Waals surface area (Å²) in [5, 5.41) is 5.85. The van der Waals surface area contributed by atoms with Crippen LogP contribution in [0.3, 0.4) is 0 Å². The van der Waals surface area contributed by atoms with Gasteiger partial charge >= 0.3 is 0 Å². The summed E-state index contributed by atoms with van der Waals surface area (Å²) in [6, 6.07) is 7.82. The molecule has 0 aliphatic carbocycles. The average Bonchev–Trinajstić information content (AvgIpc) is 2.27. The van der Waals surface area contributed by atoms with Gasteiger partial charge in [-0.25, -0.2) is 0 Å². The zero-order valence-electron chi connectivity index (χ0n) is 8.13. The highest BCUT2D eigenvalue weighted by Crippen LogP contribution is 2.05. The van der Waals surface area contributed by atoms with Crippen molar-refractivity contribution in [3.05, 3.63) is 35.4 Å². The van der Waals surface area contributed by atoms with E-state index in [0.29, 0.717) is 0 Å². The van der Waals surface area contributed by atoms with Gasteiger partial charge in [-0.05, 0) is 0 Å². The van der Waals surface area contributed by atoms with Crippen LogP contribution in [0.1, 0.15) is 11.1 Å². The van der Waals surface area contributed by atoms with Crippen LogP contribution in [0.4, 0.5) is 0 Å². The van der Waals surface area contributed by atoms with Gasteiger partial charge in [0, 0.05) is 25.2 Å². The van der Waals surface area contributed by atoms with Gasteiger partial charge in [-0.1, -0.05) is 48.7 Å². The SMILES string of the molecule is CNC(=S)c1ccc(C(=S)NC)cc1. The second-order valence-corrected chi connectivity index (χ2v) is 3.55. The van der Waals surface area contributed by atoms with Crippen LogP contribution in [0.5, 0.6) is 0 Å². The Morgan fingerprint density at radius 2 is 1.14 bits per heavy atom. The van der Waals surface area contributed by atoms with E-state index >= 15 is 0 Å². The maximum Gasteiger partial charge on any atom is 0.106 e. The Kier molecular flexibility index (Phi) is 3.98. The van der Waals surface area contributed by atoms with Crippen LogP contribution >= 0.6 is 24.4 Å². The van der Waals surface area contributed by atoms with Crippen molar-refractivity contribution in [1.29, 1.82) is 0 Å². The molecular weight excluding hydrogens is 212 g/mol. The minimum absolute atomic E-state index is 0.743. The van der Waals surface area contributed by atoms with E-state index in [4.69, 9.17) is 24.4 Å². The number of benzene rings is 1. The maximum atomic E-state index is 5.10. The number of hydrogen-bond acceptors (Lipinski definition) is 2. The summed E-state index contributed by atoms with van der Waals surface area (Å²) in [6.45, 7) is 0. The van der Waals surface area contributed by atoms with E-state index in [1.165, 1.54) is 0 Å². The van der Waals surface area contributed by atoms with Crippen LogP contribution < -0.4 is 10.6 Å². The lowest BCUT2D eigenvalue weighted by molar-refractivity contribution is 1.20. The molecule has 0 atom stereocenters. The highest BCUT2D eigenvalue weighted by molar-refractivity contribution is 7.81. The third-order valence-electron chi connectivity index (χ3n) is 1.86. The zero-order chi connectivity index (χ0) is 10.6. The third-order valence-corrected chi connectivity index (χ3v) is 2.74. The molecule has 0 bridgehead atoms. The van der Waals surface area contributed by atoms with Crippen LogP contribution in [0, 0.1) is 0 Å². The van der Waals surface area contributed by atoms with E-state index in [0.717, 1.165) is 21.1 Å². The molecule has 14 heavy (non-hydrogen) atoms. The van der Waals surface area contributed by atoms with E-state index in [9.17, 15) is 0 Å². The molecule has 2 N–H and O–H groups in total. The monoisotopic (exact) mass is 224 g/mol. The van der Waals surface area contributed by atoms with Gasteiger partial charge in [0.1, 0.15) is 9.98 Å². The minimum atomic E-state index is 0.743. The van der Waals surface area contributed by atoms with Crippen molar-refractivity contribution in [2.75, 3.05) is 14.1 Å². The molecule has 1 aromatic rings. The van der Waals surface area contributed by atoms with Crippen molar-refractivity contribution < 1.29 is 0 Å². The molecule has 1 aromatic carbocycles. The molecule has 1 rings (SSSR count). The summed E-state index contributed by atoms with van der Waals surface area (Å²) >= 11 is 10.2. The molecule has 2 nitrogen and oxygen atoms in total. The number of nitrogens with one attached hydrogen (secondary N) is 2. The summed E-state index contributed by atoms with van der Waals surface area (Å²) in [7, 11) is 3.63. The number of thiocarbonyl (C=S) groups is 2. The van der Waals surface area contributed by atoms with E-state index in [-0.39, 0.29) is 0 Å². The van der Waals surface area contributed by atoms with Gasteiger partial charge in [-0.2, -0.15) is 0 Å². The molecule has 4 heteroatoms. The van der Waals surface area contributed by atoms with Crippen molar-refractivity contribution in [3.63, 3.8) is 0 Å². The smallest absolute Gasteiger partial charge is 0.106 e. The van der Waals surface area contributed by atoms with Gasteiger partial charge in [0.25, 0.3) is 0 Å². The third kappa shape index (κ3) is 2.49. The normalized spacial score (nSPS) is 9.29. The Labute approximate surface area is 94.7 Å². The van der Waals surface area contributed by atoms with Crippen molar-refractivity contribution in [2.24, 2.45) is 0 Å². The Morgan fingerprint density at radius 3 is 1.36 bits per heavy atom. The molecule has 0 amide bonds. The lowest BCUT2D eigenvalue weighted by atomic mass is 10.1. The fraction of sp³-hybridized carbons (Fsp3) is 0.200. The van der Waals surface area contributed by atoms with Crippen molar-refractivity contribution in [3.8, 4) is 0 Å². The van der Waals surface area contributed by atoms with E-state index < -0.39 is 0 Å². The van der Waals surface area contributed by atoms with Crippen LogP contribution in [-0.4, -0.2) is 24.1 Å². The Bertz CT molecular complexity index is 309. The van der Waals surface area contributed by atoms with Crippen LogP contribution in [-0.2, 0) is 0 Å². The van der Waals surface area contributed by atoms with Gasteiger partial charge in [0.15, 0.2) is 0 Å². The summed E-state index contributed by atoms with van der Waals surface area (Å²) in [5.74, 6) is 0. The van der Waals surface area contributed by atoms with Gasteiger partial charge in [0.2, 0.25) is 0 Å². The van der Waals surface area contributed by atoms with Gasteiger partial charge < -0.3 is 10.6 Å². The fourth-order valence-corrected chi connectivity index (χ4v) is 1.33.